The number of amides is 1. The van der Waals surface area contributed by atoms with E-state index in [0.717, 1.165) is 16.3 Å². The third-order valence-corrected chi connectivity index (χ3v) is 3.22. The van der Waals surface area contributed by atoms with Crippen molar-refractivity contribution < 1.29 is 9.53 Å². The molecule has 0 saturated heterocycles. The zero-order chi connectivity index (χ0) is 13.0. The van der Waals surface area contributed by atoms with Crippen LogP contribution in [0.4, 0.5) is 5.13 Å². The molecule has 0 aliphatic heterocycles. The van der Waals surface area contributed by atoms with E-state index in [1.165, 1.54) is 11.3 Å². The van der Waals surface area contributed by atoms with Crippen molar-refractivity contribution in [3.05, 3.63) is 24.3 Å². The SMILES string of the molecule is CCC(=O)Nc1nnc(-c2ccc(OC)cc2)s1. The third-order valence-electron chi connectivity index (χ3n) is 2.33. The van der Waals surface area contributed by atoms with Crippen LogP contribution in [0, 0.1) is 0 Å². The number of carbonyl (C=O) groups is 1. The smallest absolute Gasteiger partial charge is 0.225 e. The molecule has 0 aliphatic rings. The van der Waals surface area contributed by atoms with Crippen LogP contribution in [-0.2, 0) is 4.79 Å². The number of methoxy groups -OCH3 is 1. The topological polar surface area (TPSA) is 64.1 Å². The molecule has 1 aromatic heterocycles. The average molecular weight is 263 g/mol. The predicted molar refractivity (Wildman–Crippen MR) is 70.8 cm³/mol. The highest BCUT2D eigenvalue weighted by Crippen LogP contribution is 2.27. The van der Waals surface area contributed by atoms with Gasteiger partial charge in [-0.3, -0.25) is 4.79 Å². The van der Waals surface area contributed by atoms with Crippen LogP contribution >= 0.6 is 11.3 Å². The van der Waals surface area contributed by atoms with E-state index in [0.29, 0.717) is 11.6 Å². The Morgan fingerprint density at radius 2 is 2.06 bits per heavy atom. The first-order valence-corrected chi connectivity index (χ1v) is 6.32. The number of hydrogen-bond donors (Lipinski definition) is 1. The molecule has 1 heterocycles. The summed E-state index contributed by atoms with van der Waals surface area (Å²) in [4.78, 5) is 11.2. The van der Waals surface area contributed by atoms with Crippen molar-refractivity contribution in [2.75, 3.05) is 12.4 Å². The van der Waals surface area contributed by atoms with Crippen molar-refractivity contribution in [3.63, 3.8) is 0 Å². The highest BCUT2D eigenvalue weighted by molar-refractivity contribution is 7.18. The van der Waals surface area contributed by atoms with Gasteiger partial charge in [-0.15, -0.1) is 10.2 Å². The molecule has 0 bridgehead atoms. The minimum Gasteiger partial charge on any atom is -0.497 e. The van der Waals surface area contributed by atoms with Gasteiger partial charge in [0.1, 0.15) is 10.8 Å². The Morgan fingerprint density at radius 1 is 1.33 bits per heavy atom. The fourth-order valence-corrected chi connectivity index (χ4v) is 2.10. The number of aromatic nitrogens is 2. The zero-order valence-electron chi connectivity index (χ0n) is 10.1. The number of rotatable bonds is 4. The Bertz CT molecular complexity index is 537. The molecule has 18 heavy (non-hydrogen) atoms. The molecule has 1 aromatic carbocycles. The molecule has 0 radical (unpaired) electrons. The molecule has 0 fully saturated rings. The average Bonchev–Trinajstić information content (AvgIpc) is 2.87. The van der Waals surface area contributed by atoms with E-state index < -0.39 is 0 Å². The van der Waals surface area contributed by atoms with Crippen molar-refractivity contribution in [3.8, 4) is 16.3 Å². The fourth-order valence-electron chi connectivity index (χ4n) is 1.33. The Labute approximate surface area is 109 Å². The standard InChI is InChI=1S/C12H13N3O2S/c1-3-10(16)13-12-15-14-11(18-12)8-4-6-9(17-2)7-5-8/h4-7H,3H2,1-2H3,(H,13,15,16). The van der Waals surface area contributed by atoms with Crippen molar-refractivity contribution in [2.24, 2.45) is 0 Å². The van der Waals surface area contributed by atoms with E-state index >= 15 is 0 Å². The minimum absolute atomic E-state index is 0.0626. The molecule has 6 heteroatoms. The summed E-state index contributed by atoms with van der Waals surface area (Å²) in [7, 11) is 1.62. The molecule has 0 aliphatic carbocycles. The van der Waals surface area contributed by atoms with Crippen LogP contribution in [0.15, 0.2) is 24.3 Å². The van der Waals surface area contributed by atoms with Gasteiger partial charge in [-0.05, 0) is 24.3 Å². The number of carbonyl (C=O) groups excluding carboxylic acids is 1. The highest BCUT2D eigenvalue weighted by Gasteiger charge is 2.08. The summed E-state index contributed by atoms with van der Waals surface area (Å²) >= 11 is 1.35. The summed E-state index contributed by atoms with van der Waals surface area (Å²) in [5.74, 6) is 0.732. The third kappa shape index (κ3) is 2.84. The fraction of sp³-hybridized carbons (Fsp3) is 0.250. The molecule has 0 spiro atoms. The molecular weight excluding hydrogens is 250 g/mol. The lowest BCUT2D eigenvalue weighted by Gasteiger charge is -1.99. The number of nitrogens with zero attached hydrogens (tertiary/aromatic N) is 2. The number of nitrogens with one attached hydrogen (secondary N) is 1. The Morgan fingerprint density at radius 3 is 2.67 bits per heavy atom. The first-order chi connectivity index (χ1) is 8.72. The van der Waals surface area contributed by atoms with Gasteiger partial charge in [0.15, 0.2) is 0 Å². The monoisotopic (exact) mass is 263 g/mol. The summed E-state index contributed by atoms with van der Waals surface area (Å²) in [6.07, 6.45) is 0.428. The largest absolute Gasteiger partial charge is 0.497 e. The van der Waals surface area contributed by atoms with Gasteiger partial charge < -0.3 is 10.1 Å². The van der Waals surface area contributed by atoms with Crippen LogP contribution < -0.4 is 10.1 Å². The lowest BCUT2D eigenvalue weighted by atomic mass is 10.2. The summed E-state index contributed by atoms with van der Waals surface area (Å²) in [5.41, 5.74) is 0.949. The van der Waals surface area contributed by atoms with E-state index in [9.17, 15) is 4.79 Å². The molecule has 2 rings (SSSR count). The molecule has 0 atom stereocenters. The minimum atomic E-state index is -0.0626. The van der Waals surface area contributed by atoms with Crippen LogP contribution in [0.5, 0.6) is 5.75 Å². The van der Waals surface area contributed by atoms with Gasteiger partial charge in [0, 0.05) is 12.0 Å². The van der Waals surface area contributed by atoms with Gasteiger partial charge in [-0.2, -0.15) is 0 Å². The van der Waals surface area contributed by atoms with Crippen LogP contribution in [0.1, 0.15) is 13.3 Å². The number of benzene rings is 1. The Kier molecular flexibility index (Phi) is 3.88. The summed E-state index contributed by atoms with van der Waals surface area (Å²) < 4.78 is 5.09. The molecule has 2 aromatic rings. The van der Waals surface area contributed by atoms with Crippen molar-refractivity contribution >= 4 is 22.4 Å². The number of anilines is 1. The first-order valence-electron chi connectivity index (χ1n) is 5.50. The van der Waals surface area contributed by atoms with E-state index in [1.807, 2.05) is 24.3 Å². The van der Waals surface area contributed by atoms with Gasteiger partial charge in [-0.25, -0.2) is 0 Å². The number of ether oxygens (including phenoxy) is 1. The molecule has 0 saturated carbocycles. The Hall–Kier alpha value is -1.95. The molecular formula is C12H13N3O2S. The van der Waals surface area contributed by atoms with E-state index in [-0.39, 0.29) is 5.91 Å². The van der Waals surface area contributed by atoms with E-state index in [1.54, 1.807) is 14.0 Å². The van der Waals surface area contributed by atoms with Crippen LogP contribution in [0.2, 0.25) is 0 Å². The normalized spacial score (nSPS) is 10.1. The lowest BCUT2D eigenvalue weighted by Crippen LogP contribution is -2.08. The van der Waals surface area contributed by atoms with Crippen LogP contribution in [-0.4, -0.2) is 23.2 Å². The summed E-state index contributed by atoms with van der Waals surface area (Å²) in [6.45, 7) is 1.79. The van der Waals surface area contributed by atoms with Crippen molar-refractivity contribution in [1.29, 1.82) is 0 Å². The van der Waals surface area contributed by atoms with Gasteiger partial charge in [0.05, 0.1) is 7.11 Å². The second kappa shape index (κ2) is 5.59. The molecule has 1 amide bonds. The maximum absolute atomic E-state index is 11.2. The lowest BCUT2D eigenvalue weighted by molar-refractivity contribution is -0.115. The van der Waals surface area contributed by atoms with Crippen LogP contribution in [0.25, 0.3) is 10.6 Å². The quantitative estimate of drug-likeness (QED) is 0.920. The second-order valence-electron chi connectivity index (χ2n) is 3.54. The maximum atomic E-state index is 11.2. The van der Waals surface area contributed by atoms with Gasteiger partial charge >= 0.3 is 0 Å². The molecule has 5 nitrogen and oxygen atoms in total. The Balaban J connectivity index is 2.15. The maximum Gasteiger partial charge on any atom is 0.225 e. The summed E-state index contributed by atoms with van der Waals surface area (Å²) in [5, 5.41) is 11.9. The molecule has 1 N–H and O–H groups in total. The predicted octanol–water partition coefficient (Wildman–Crippen LogP) is 2.56. The van der Waals surface area contributed by atoms with E-state index in [2.05, 4.69) is 15.5 Å². The van der Waals surface area contributed by atoms with E-state index in [4.69, 9.17) is 4.74 Å². The van der Waals surface area contributed by atoms with Crippen molar-refractivity contribution in [2.45, 2.75) is 13.3 Å². The van der Waals surface area contributed by atoms with Crippen LogP contribution in [0.3, 0.4) is 0 Å². The first kappa shape index (κ1) is 12.5. The van der Waals surface area contributed by atoms with Gasteiger partial charge in [0.2, 0.25) is 11.0 Å². The molecule has 94 valence electrons. The zero-order valence-corrected chi connectivity index (χ0v) is 11.0. The second-order valence-corrected chi connectivity index (χ2v) is 4.52. The van der Waals surface area contributed by atoms with Gasteiger partial charge in [-0.1, -0.05) is 18.3 Å². The highest BCUT2D eigenvalue weighted by atomic mass is 32.1. The molecule has 0 unspecified atom stereocenters. The van der Waals surface area contributed by atoms with Gasteiger partial charge in [0.25, 0.3) is 0 Å². The summed E-state index contributed by atoms with van der Waals surface area (Å²) in [6, 6.07) is 7.54. The van der Waals surface area contributed by atoms with Crippen molar-refractivity contribution in [1.82, 2.24) is 10.2 Å². The number of hydrogen-bond acceptors (Lipinski definition) is 5.